The second-order valence-electron chi connectivity index (χ2n) is 11.3. The van der Waals surface area contributed by atoms with Crippen LogP contribution < -0.4 is 4.90 Å². The number of morpholine rings is 1. The molecule has 38 heavy (non-hydrogen) atoms. The molecule has 0 spiro atoms. The molecule has 1 aliphatic carbocycles. The number of carboxylic acid groups (broad SMARTS) is 1. The van der Waals surface area contributed by atoms with Crippen molar-refractivity contribution in [3.05, 3.63) is 15.8 Å². The number of anilines is 1. The second kappa shape index (κ2) is 13.1. The molecule has 1 aliphatic heterocycles. The highest BCUT2D eigenvalue weighted by molar-refractivity contribution is 7.15. The lowest BCUT2D eigenvalue weighted by Gasteiger charge is -2.40. The molecule has 2 heterocycles. The number of ether oxygens (including phenoxy) is 2. The zero-order valence-electron chi connectivity index (χ0n) is 23.5. The quantitative estimate of drug-likeness (QED) is 0.477. The van der Waals surface area contributed by atoms with Crippen molar-refractivity contribution in [2.75, 3.05) is 38.3 Å². The van der Waals surface area contributed by atoms with E-state index in [1.807, 2.05) is 20.8 Å². The largest absolute Gasteiger partial charge is 0.477 e. The Hall–Kier alpha value is -2.41. The summed E-state index contributed by atoms with van der Waals surface area (Å²) in [7, 11) is 1.51. The van der Waals surface area contributed by atoms with Crippen molar-refractivity contribution >= 4 is 34.8 Å². The third-order valence-corrected chi connectivity index (χ3v) is 8.44. The topological polar surface area (TPSA) is 96.4 Å². The number of carboxylic acids is 1. The lowest BCUT2D eigenvalue weighted by Crippen LogP contribution is -2.59. The number of thiophene rings is 1. The fourth-order valence-corrected chi connectivity index (χ4v) is 5.91. The molecule has 3 rings (SSSR count). The predicted octanol–water partition coefficient (Wildman–Crippen LogP) is 4.66. The van der Waals surface area contributed by atoms with Crippen molar-refractivity contribution in [3.8, 4) is 11.8 Å². The first-order chi connectivity index (χ1) is 18.0. The molecule has 1 aromatic rings. The van der Waals surface area contributed by atoms with Crippen molar-refractivity contribution in [1.82, 2.24) is 4.90 Å². The van der Waals surface area contributed by atoms with Gasteiger partial charge >= 0.3 is 5.97 Å². The number of carbonyl (C=O) groups excluding carboxylic acids is 2. The van der Waals surface area contributed by atoms with Crippen LogP contribution in [0.2, 0.25) is 0 Å². The molecule has 2 atom stereocenters. The van der Waals surface area contributed by atoms with Gasteiger partial charge in [0, 0.05) is 31.5 Å². The molecule has 0 aromatic carbocycles. The summed E-state index contributed by atoms with van der Waals surface area (Å²) in [6.45, 7) is 11.5. The smallest absolute Gasteiger partial charge is 0.348 e. The molecule has 8 nitrogen and oxygen atoms in total. The van der Waals surface area contributed by atoms with Crippen molar-refractivity contribution in [2.24, 2.45) is 17.3 Å². The van der Waals surface area contributed by atoms with Crippen molar-refractivity contribution in [2.45, 2.75) is 78.9 Å². The molecule has 1 saturated carbocycles. The van der Waals surface area contributed by atoms with Crippen molar-refractivity contribution < 1.29 is 29.0 Å². The van der Waals surface area contributed by atoms with Gasteiger partial charge in [-0.3, -0.25) is 14.5 Å². The zero-order chi connectivity index (χ0) is 28.0. The van der Waals surface area contributed by atoms with Crippen LogP contribution in [-0.2, 0) is 19.1 Å². The Morgan fingerprint density at radius 1 is 1.21 bits per heavy atom. The van der Waals surface area contributed by atoms with Gasteiger partial charge in [-0.2, -0.15) is 0 Å². The first-order valence-electron chi connectivity index (χ1n) is 13.6. The maximum absolute atomic E-state index is 14.3. The SMILES string of the molecule is CCC1CCC(C(=O)N(c2cc(C#CC(C)(C)C)sc2C(=O)O)[C@H](C(=O)N2CCOCC2)[C@@H](C)OC)CC1. The average Bonchev–Trinajstić information content (AvgIpc) is 3.34. The van der Waals surface area contributed by atoms with Crippen LogP contribution in [0, 0.1) is 29.1 Å². The van der Waals surface area contributed by atoms with Crippen LogP contribution in [0.1, 0.15) is 81.3 Å². The Balaban J connectivity index is 2.13. The Labute approximate surface area is 230 Å². The van der Waals surface area contributed by atoms with E-state index in [1.165, 1.54) is 12.0 Å². The molecule has 0 unspecified atom stereocenters. The minimum atomic E-state index is -1.15. The van der Waals surface area contributed by atoms with Crippen LogP contribution in [0.3, 0.4) is 0 Å². The minimum Gasteiger partial charge on any atom is -0.477 e. The van der Waals surface area contributed by atoms with Crippen LogP contribution >= 0.6 is 11.3 Å². The van der Waals surface area contributed by atoms with Gasteiger partial charge in [-0.15, -0.1) is 11.3 Å². The lowest BCUT2D eigenvalue weighted by atomic mass is 9.80. The van der Waals surface area contributed by atoms with E-state index in [0.717, 1.165) is 43.4 Å². The lowest BCUT2D eigenvalue weighted by molar-refractivity contribution is -0.142. The third-order valence-electron chi connectivity index (χ3n) is 7.41. The highest BCUT2D eigenvalue weighted by Gasteiger charge is 2.43. The maximum atomic E-state index is 14.3. The van der Waals surface area contributed by atoms with Gasteiger partial charge in [0.2, 0.25) is 11.8 Å². The fraction of sp³-hybridized carbons (Fsp3) is 0.690. The van der Waals surface area contributed by atoms with Gasteiger partial charge in [0.15, 0.2) is 0 Å². The zero-order valence-corrected chi connectivity index (χ0v) is 24.4. The number of amides is 2. The molecule has 1 saturated heterocycles. The van der Waals surface area contributed by atoms with E-state index in [9.17, 15) is 19.5 Å². The van der Waals surface area contributed by atoms with E-state index in [1.54, 1.807) is 17.9 Å². The van der Waals surface area contributed by atoms with E-state index >= 15 is 0 Å². The third kappa shape index (κ3) is 7.37. The van der Waals surface area contributed by atoms with E-state index in [-0.39, 0.29) is 33.7 Å². The van der Waals surface area contributed by atoms with Gasteiger partial charge in [0.05, 0.1) is 29.9 Å². The normalized spacial score (nSPS) is 21.7. The van der Waals surface area contributed by atoms with E-state index in [0.29, 0.717) is 37.1 Å². The van der Waals surface area contributed by atoms with Crippen LogP contribution in [0.25, 0.3) is 0 Å². The number of hydrogen-bond donors (Lipinski definition) is 1. The molecule has 2 fully saturated rings. The molecule has 2 aliphatic rings. The highest BCUT2D eigenvalue weighted by Crippen LogP contribution is 2.38. The summed E-state index contributed by atoms with van der Waals surface area (Å²) in [5.74, 6) is 4.91. The summed E-state index contributed by atoms with van der Waals surface area (Å²) in [5, 5.41) is 10.2. The van der Waals surface area contributed by atoms with E-state index < -0.39 is 18.1 Å². The first-order valence-corrected chi connectivity index (χ1v) is 14.4. The van der Waals surface area contributed by atoms with Gasteiger partial charge in [0.1, 0.15) is 10.9 Å². The number of nitrogens with zero attached hydrogens (tertiary/aromatic N) is 2. The van der Waals surface area contributed by atoms with E-state index in [2.05, 4.69) is 18.8 Å². The molecular formula is C29H42N2O6S. The number of methoxy groups -OCH3 is 1. The van der Waals surface area contributed by atoms with Crippen molar-refractivity contribution in [1.29, 1.82) is 0 Å². The summed E-state index contributed by atoms with van der Waals surface area (Å²) in [6, 6.07) is 0.648. The Kier molecular flexibility index (Phi) is 10.4. The summed E-state index contributed by atoms with van der Waals surface area (Å²) in [6.07, 6.45) is 3.74. The predicted molar refractivity (Wildman–Crippen MR) is 148 cm³/mol. The summed E-state index contributed by atoms with van der Waals surface area (Å²) in [4.78, 5) is 44.4. The van der Waals surface area contributed by atoms with Crippen LogP contribution in [0.4, 0.5) is 5.69 Å². The maximum Gasteiger partial charge on any atom is 0.348 e. The fourth-order valence-electron chi connectivity index (χ4n) is 5.07. The molecule has 0 bridgehead atoms. The molecule has 9 heteroatoms. The summed E-state index contributed by atoms with van der Waals surface area (Å²) in [5.41, 5.74) is -0.0563. The average molecular weight is 547 g/mol. The van der Waals surface area contributed by atoms with Gasteiger partial charge < -0.3 is 19.5 Å². The molecule has 210 valence electrons. The Morgan fingerprint density at radius 3 is 2.37 bits per heavy atom. The number of aromatic carboxylic acids is 1. The van der Waals surface area contributed by atoms with Gasteiger partial charge in [-0.05, 0) is 65.4 Å². The minimum absolute atomic E-state index is 0.00174. The number of hydrogen-bond acceptors (Lipinski definition) is 6. The second-order valence-corrected chi connectivity index (χ2v) is 12.3. The standard InChI is InChI=1S/C29H42N2O6S/c1-7-20-8-10-21(11-9-20)26(32)31(24(19(2)36-6)27(33)30-14-16-37-17-15-30)23-18-22(12-13-29(3,4)5)38-25(23)28(34)35/h18-21,24H,7-11,14-17H2,1-6H3,(H,34,35)/t19-,20?,21?,24+/m1/s1. The Morgan fingerprint density at radius 2 is 1.84 bits per heavy atom. The molecule has 1 aromatic heterocycles. The molecule has 0 radical (unpaired) electrons. The van der Waals surface area contributed by atoms with Gasteiger partial charge in [-0.1, -0.05) is 25.2 Å². The van der Waals surface area contributed by atoms with Gasteiger partial charge in [0.25, 0.3) is 0 Å². The van der Waals surface area contributed by atoms with Crippen LogP contribution in [0.5, 0.6) is 0 Å². The summed E-state index contributed by atoms with van der Waals surface area (Å²) >= 11 is 1.04. The first kappa shape index (κ1) is 30.1. The Bertz CT molecular complexity index is 1050. The summed E-state index contributed by atoms with van der Waals surface area (Å²) < 4.78 is 11.1. The van der Waals surface area contributed by atoms with Crippen LogP contribution in [-0.4, -0.2) is 73.3 Å². The molecular weight excluding hydrogens is 504 g/mol. The van der Waals surface area contributed by atoms with Gasteiger partial charge in [-0.25, -0.2) is 4.79 Å². The molecule has 2 amide bonds. The monoisotopic (exact) mass is 546 g/mol. The van der Waals surface area contributed by atoms with Crippen LogP contribution in [0.15, 0.2) is 6.07 Å². The van der Waals surface area contributed by atoms with E-state index in [4.69, 9.17) is 9.47 Å². The highest BCUT2D eigenvalue weighted by atomic mass is 32.1. The molecule has 1 N–H and O–H groups in total. The number of rotatable bonds is 8. The van der Waals surface area contributed by atoms with Crippen molar-refractivity contribution in [3.63, 3.8) is 0 Å². The number of carbonyl (C=O) groups is 3.